The Morgan fingerprint density at radius 1 is 1.10 bits per heavy atom. The summed E-state index contributed by atoms with van der Waals surface area (Å²) in [6, 6.07) is 4.40. The molecule has 3 amide bonds. The lowest BCUT2D eigenvalue weighted by Gasteiger charge is -2.17. The molecule has 1 aromatic rings. The van der Waals surface area contributed by atoms with E-state index in [1.165, 1.54) is 19.1 Å². The van der Waals surface area contributed by atoms with Gasteiger partial charge in [0.25, 0.3) is 5.91 Å². The van der Waals surface area contributed by atoms with Crippen molar-refractivity contribution < 1.29 is 41.8 Å². The Morgan fingerprint density at radius 3 is 2.16 bits per heavy atom. The van der Waals surface area contributed by atoms with Gasteiger partial charge in [-0.2, -0.15) is 0 Å². The van der Waals surface area contributed by atoms with Gasteiger partial charge in [-0.25, -0.2) is 0 Å². The van der Waals surface area contributed by atoms with Crippen LogP contribution in [0.1, 0.15) is 19.8 Å². The monoisotopic (exact) mass is 440 g/mol. The topological polar surface area (TPSA) is 102 Å². The van der Waals surface area contributed by atoms with Gasteiger partial charge in [0.1, 0.15) is 12.3 Å². The van der Waals surface area contributed by atoms with E-state index >= 15 is 0 Å². The number of nitrogens with zero attached hydrogens (tertiary/aromatic N) is 1. The van der Waals surface area contributed by atoms with E-state index in [4.69, 9.17) is 4.74 Å². The second-order valence-corrected chi connectivity index (χ2v) is 7.11. The number of benzene rings is 1. The number of anilines is 1. The lowest BCUT2D eigenvalue weighted by atomic mass is 9.85. The Bertz CT molecular complexity index is 886. The number of rotatable bonds is 6. The molecule has 8 nitrogen and oxygen atoms in total. The summed E-state index contributed by atoms with van der Waals surface area (Å²) in [6.45, 7) is 0.692. The number of ether oxygens (including phenoxy) is 2. The van der Waals surface area contributed by atoms with Crippen LogP contribution in [-0.2, 0) is 23.9 Å². The van der Waals surface area contributed by atoms with Crippen molar-refractivity contribution >= 4 is 29.4 Å². The number of nitrogens with one attached hydrogen (secondary N) is 1. The zero-order chi connectivity index (χ0) is 22.8. The maximum Gasteiger partial charge on any atom is 0.573 e. The van der Waals surface area contributed by atoms with E-state index in [2.05, 4.69) is 10.1 Å². The first-order valence-electron chi connectivity index (χ1n) is 9.41. The van der Waals surface area contributed by atoms with Gasteiger partial charge in [-0.1, -0.05) is 12.2 Å². The van der Waals surface area contributed by atoms with Crippen LogP contribution >= 0.6 is 0 Å². The van der Waals surface area contributed by atoms with Gasteiger partial charge in [-0.15, -0.1) is 13.2 Å². The predicted molar refractivity (Wildman–Crippen MR) is 99.4 cm³/mol. The van der Waals surface area contributed by atoms with Crippen LogP contribution in [0, 0.1) is 11.8 Å². The van der Waals surface area contributed by atoms with Crippen LogP contribution in [0.3, 0.4) is 0 Å². The van der Waals surface area contributed by atoms with Gasteiger partial charge in [-0.3, -0.25) is 24.1 Å². The Kier molecular flexibility index (Phi) is 6.32. The van der Waals surface area contributed by atoms with Crippen molar-refractivity contribution in [2.24, 2.45) is 11.8 Å². The van der Waals surface area contributed by atoms with Gasteiger partial charge in [-0.05, 0) is 44.0 Å². The molecule has 1 aliphatic carbocycles. The lowest BCUT2D eigenvalue weighted by molar-refractivity contribution is -0.274. The third kappa shape index (κ3) is 5.41. The fourth-order valence-electron chi connectivity index (χ4n) is 3.43. The number of allylic oxidation sites excluding steroid dienone is 2. The molecule has 0 bridgehead atoms. The third-order valence-corrected chi connectivity index (χ3v) is 4.92. The molecule has 1 aliphatic heterocycles. The van der Waals surface area contributed by atoms with E-state index in [1.807, 2.05) is 12.2 Å². The van der Waals surface area contributed by atoms with Gasteiger partial charge in [0, 0.05) is 5.69 Å². The highest BCUT2D eigenvalue weighted by atomic mass is 19.4. The molecule has 1 saturated heterocycles. The lowest BCUT2D eigenvalue weighted by Crippen LogP contribution is -2.39. The number of carbonyl (C=O) groups excluding carboxylic acids is 4. The normalized spacial score (nSPS) is 21.5. The summed E-state index contributed by atoms with van der Waals surface area (Å²) >= 11 is 0. The maximum atomic E-state index is 12.4. The third-order valence-electron chi connectivity index (χ3n) is 4.92. The van der Waals surface area contributed by atoms with Crippen LogP contribution in [0.4, 0.5) is 18.9 Å². The number of esters is 1. The van der Waals surface area contributed by atoms with Gasteiger partial charge < -0.3 is 14.8 Å². The number of halogens is 3. The standard InChI is InChI=1S/C20H19F3N2O6/c1-11(17(27)24-12-6-8-13(9-7-12)31-20(21,22)23)30-16(26)10-25-18(28)14-4-2-3-5-15(14)19(25)29/h2-3,6-9,11,14-15H,4-5,10H2,1H3,(H,24,27). The molecule has 31 heavy (non-hydrogen) atoms. The van der Waals surface area contributed by atoms with Gasteiger partial charge in [0.15, 0.2) is 6.10 Å². The Morgan fingerprint density at radius 2 is 1.65 bits per heavy atom. The number of amides is 3. The fraction of sp³-hybridized carbons (Fsp3) is 0.400. The number of hydrogen-bond acceptors (Lipinski definition) is 6. The maximum absolute atomic E-state index is 12.4. The molecule has 11 heteroatoms. The molecule has 3 rings (SSSR count). The van der Waals surface area contributed by atoms with Gasteiger partial charge in [0.05, 0.1) is 11.8 Å². The number of imide groups is 1. The van der Waals surface area contributed by atoms with Crippen molar-refractivity contribution in [1.82, 2.24) is 4.90 Å². The van der Waals surface area contributed by atoms with Crippen LogP contribution in [0.2, 0.25) is 0 Å². The highest BCUT2D eigenvalue weighted by Gasteiger charge is 2.48. The highest BCUT2D eigenvalue weighted by Crippen LogP contribution is 2.34. The Balaban J connectivity index is 1.51. The van der Waals surface area contributed by atoms with Gasteiger partial charge in [0.2, 0.25) is 11.8 Å². The number of fused-ring (bicyclic) bond motifs is 1. The van der Waals surface area contributed by atoms with Crippen molar-refractivity contribution in [2.75, 3.05) is 11.9 Å². The summed E-state index contributed by atoms with van der Waals surface area (Å²) in [5.74, 6) is -3.95. The second-order valence-electron chi connectivity index (χ2n) is 7.11. The van der Waals surface area contributed by atoms with E-state index in [-0.39, 0.29) is 5.69 Å². The SMILES string of the molecule is CC(OC(=O)CN1C(=O)C2CC=CCC2C1=O)C(=O)Nc1ccc(OC(F)(F)F)cc1. The molecular weight excluding hydrogens is 421 g/mol. The molecule has 1 aromatic carbocycles. The zero-order valence-electron chi connectivity index (χ0n) is 16.3. The van der Waals surface area contributed by atoms with E-state index in [0.717, 1.165) is 17.0 Å². The molecule has 1 fully saturated rings. The number of alkyl halides is 3. The fourth-order valence-corrected chi connectivity index (χ4v) is 3.43. The predicted octanol–water partition coefficient (Wildman–Crippen LogP) is 2.41. The number of likely N-dealkylation sites (tertiary alicyclic amines) is 1. The van der Waals surface area contributed by atoms with Crippen molar-refractivity contribution in [3.63, 3.8) is 0 Å². The van der Waals surface area contributed by atoms with E-state index < -0.39 is 60.3 Å². The minimum absolute atomic E-state index is 0.156. The van der Waals surface area contributed by atoms with Crippen molar-refractivity contribution in [2.45, 2.75) is 32.2 Å². The minimum atomic E-state index is -4.83. The van der Waals surface area contributed by atoms with Gasteiger partial charge >= 0.3 is 12.3 Å². The van der Waals surface area contributed by atoms with Crippen LogP contribution in [0.5, 0.6) is 5.75 Å². The zero-order valence-corrected chi connectivity index (χ0v) is 16.3. The molecule has 0 radical (unpaired) electrons. The second kappa shape index (κ2) is 8.78. The average molecular weight is 440 g/mol. The molecular formula is C20H19F3N2O6. The van der Waals surface area contributed by atoms with Crippen LogP contribution in [0.15, 0.2) is 36.4 Å². The van der Waals surface area contributed by atoms with Crippen LogP contribution in [-0.4, -0.2) is 47.6 Å². The molecule has 0 saturated carbocycles. The van der Waals surface area contributed by atoms with Crippen LogP contribution < -0.4 is 10.1 Å². The Hall–Kier alpha value is -3.37. The summed E-state index contributed by atoms with van der Waals surface area (Å²) in [4.78, 5) is 49.9. The van der Waals surface area contributed by atoms with E-state index in [0.29, 0.717) is 12.8 Å². The summed E-state index contributed by atoms with van der Waals surface area (Å²) in [5.41, 5.74) is 0.156. The molecule has 166 valence electrons. The van der Waals surface area contributed by atoms with E-state index in [1.54, 1.807) is 0 Å². The first kappa shape index (κ1) is 22.3. The largest absolute Gasteiger partial charge is 0.573 e. The average Bonchev–Trinajstić information content (AvgIpc) is 2.93. The minimum Gasteiger partial charge on any atom is -0.451 e. The molecule has 0 spiro atoms. The quantitative estimate of drug-likeness (QED) is 0.414. The smallest absolute Gasteiger partial charge is 0.451 e. The highest BCUT2D eigenvalue weighted by molar-refractivity contribution is 6.07. The molecule has 1 N–H and O–H groups in total. The molecule has 3 atom stereocenters. The summed E-state index contributed by atoms with van der Waals surface area (Å²) < 4.78 is 45.2. The molecule has 3 unspecified atom stereocenters. The Labute approximate surface area is 175 Å². The van der Waals surface area contributed by atoms with Crippen molar-refractivity contribution in [3.8, 4) is 5.75 Å². The first-order valence-corrected chi connectivity index (χ1v) is 9.41. The molecule has 0 aromatic heterocycles. The van der Waals surface area contributed by atoms with Crippen molar-refractivity contribution in [3.05, 3.63) is 36.4 Å². The first-order chi connectivity index (χ1) is 14.5. The molecule has 2 aliphatic rings. The summed E-state index contributed by atoms with van der Waals surface area (Å²) in [5, 5.41) is 2.38. The number of hydrogen-bond donors (Lipinski definition) is 1. The molecule has 1 heterocycles. The van der Waals surface area contributed by atoms with Crippen molar-refractivity contribution in [1.29, 1.82) is 0 Å². The summed E-state index contributed by atoms with van der Waals surface area (Å²) in [6.07, 6.45) is -1.58. The van der Waals surface area contributed by atoms with E-state index in [9.17, 15) is 32.3 Å². The van der Waals surface area contributed by atoms with Crippen LogP contribution in [0.25, 0.3) is 0 Å². The summed E-state index contributed by atoms with van der Waals surface area (Å²) in [7, 11) is 0. The number of carbonyl (C=O) groups is 4.